The fourth-order valence-corrected chi connectivity index (χ4v) is 3.20. The van der Waals surface area contributed by atoms with Crippen molar-refractivity contribution in [3.63, 3.8) is 0 Å². The van der Waals surface area contributed by atoms with Crippen LogP contribution in [0.2, 0.25) is 0 Å². The van der Waals surface area contributed by atoms with Gasteiger partial charge < -0.3 is 19.5 Å². The lowest BCUT2D eigenvalue weighted by molar-refractivity contribution is 0.0244. The molecule has 0 spiro atoms. The number of pyridine rings is 1. The molecule has 2 aromatic rings. The molecule has 1 aromatic heterocycles. The topological polar surface area (TPSA) is 148 Å². The van der Waals surface area contributed by atoms with Gasteiger partial charge in [-0.2, -0.15) is 13.5 Å². The minimum Gasteiger partial charge on any atom is -0.382 e. The molecule has 33 heavy (non-hydrogen) atoms. The van der Waals surface area contributed by atoms with E-state index in [4.69, 9.17) is 14.2 Å². The molecule has 12 heteroatoms. The van der Waals surface area contributed by atoms with Crippen molar-refractivity contribution in [2.75, 3.05) is 52.1 Å². The largest absolute Gasteiger partial charge is 0.382 e. The van der Waals surface area contributed by atoms with E-state index in [2.05, 4.69) is 20.8 Å². The molecule has 0 aliphatic rings. The van der Waals surface area contributed by atoms with Gasteiger partial charge in [0.1, 0.15) is 10.7 Å². The molecule has 3 N–H and O–H groups in total. The van der Waals surface area contributed by atoms with Crippen LogP contribution < -0.4 is 10.7 Å². The van der Waals surface area contributed by atoms with Crippen LogP contribution >= 0.6 is 0 Å². The van der Waals surface area contributed by atoms with Crippen LogP contribution in [0.25, 0.3) is 0 Å². The highest BCUT2D eigenvalue weighted by Gasteiger charge is 2.13. The molecule has 0 fully saturated rings. The Hall–Kier alpha value is -2.90. The van der Waals surface area contributed by atoms with Crippen molar-refractivity contribution in [2.45, 2.75) is 11.3 Å². The number of hydrazone groups is 1. The molecule has 11 nitrogen and oxygen atoms in total. The number of ether oxygens (including phenoxy) is 3. The molecule has 0 saturated heterocycles. The van der Waals surface area contributed by atoms with E-state index in [9.17, 15) is 17.8 Å². The monoisotopic (exact) mass is 480 g/mol. The van der Waals surface area contributed by atoms with Gasteiger partial charge in [0.15, 0.2) is 0 Å². The molecule has 0 atom stereocenters. The van der Waals surface area contributed by atoms with E-state index in [1.54, 1.807) is 25.3 Å². The lowest BCUT2D eigenvalue weighted by Crippen LogP contribution is -2.25. The summed E-state index contributed by atoms with van der Waals surface area (Å²) in [5.41, 5.74) is 3.24. The fourth-order valence-electron chi connectivity index (χ4n) is 2.53. The summed E-state index contributed by atoms with van der Waals surface area (Å²) in [6.45, 7) is 3.04. The van der Waals surface area contributed by atoms with Gasteiger partial charge in [-0.15, -0.1) is 0 Å². The van der Waals surface area contributed by atoms with Gasteiger partial charge in [-0.1, -0.05) is 18.2 Å². The third-order valence-electron chi connectivity index (χ3n) is 4.16. The molecule has 180 valence electrons. The van der Waals surface area contributed by atoms with Crippen molar-refractivity contribution in [3.05, 3.63) is 53.7 Å². The second-order valence-electron chi connectivity index (χ2n) is 6.64. The van der Waals surface area contributed by atoms with Crippen molar-refractivity contribution in [3.8, 4) is 0 Å². The average Bonchev–Trinajstić information content (AvgIpc) is 2.80. The number of aromatic nitrogens is 1. The molecule has 0 radical (unpaired) electrons. The summed E-state index contributed by atoms with van der Waals surface area (Å²) in [6.07, 6.45) is 3.31. The van der Waals surface area contributed by atoms with Crippen LogP contribution in [-0.4, -0.2) is 76.8 Å². The number of nitrogens with one attached hydrogen (secondary N) is 2. The zero-order valence-corrected chi connectivity index (χ0v) is 19.1. The first-order valence-corrected chi connectivity index (χ1v) is 11.6. The smallest absolute Gasteiger partial charge is 0.295 e. The Morgan fingerprint density at radius 3 is 2.52 bits per heavy atom. The molecule has 1 heterocycles. The first-order chi connectivity index (χ1) is 15.9. The quantitative estimate of drug-likeness (QED) is 0.149. The van der Waals surface area contributed by atoms with E-state index in [0.717, 1.165) is 0 Å². The molecular formula is C21H28N4O7S. The predicted octanol–water partition coefficient (Wildman–Crippen LogP) is 1.57. The molecule has 1 aromatic carbocycles. The van der Waals surface area contributed by atoms with Crippen LogP contribution in [0, 0.1) is 0 Å². The van der Waals surface area contributed by atoms with Gasteiger partial charge in [0.25, 0.3) is 16.0 Å². The Kier molecular flexibility index (Phi) is 11.4. The van der Waals surface area contributed by atoms with Crippen LogP contribution in [0.5, 0.6) is 0 Å². The van der Waals surface area contributed by atoms with E-state index in [1.807, 2.05) is 0 Å². The molecule has 0 bridgehead atoms. The Morgan fingerprint density at radius 2 is 1.82 bits per heavy atom. The van der Waals surface area contributed by atoms with Crippen LogP contribution in [0.1, 0.15) is 22.3 Å². The molecule has 2 rings (SSSR count). The van der Waals surface area contributed by atoms with Crippen molar-refractivity contribution in [1.82, 2.24) is 10.3 Å². The van der Waals surface area contributed by atoms with Crippen LogP contribution in [-0.2, 0) is 24.3 Å². The Labute approximate surface area is 192 Å². The van der Waals surface area contributed by atoms with Gasteiger partial charge in [0, 0.05) is 32.0 Å². The number of rotatable bonds is 15. The minimum absolute atomic E-state index is 0.214. The van der Waals surface area contributed by atoms with Crippen LogP contribution in [0.3, 0.4) is 0 Å². The number of hydrogen-bond donors (Lipinski definition) is 3. The third kappa shape index (κ3) is 10.1. The number of nitrogens with zero attached hydrogens (tertiary/aromatic N) is 2. The van der Waals surface area contributed by atoms with Gasteiger partial charge in [0.2, 0.25) is 0 Å². The van der Waals surface area contributed by atoms with Crippen molar-refractivity contribution in [1.29, 1.82) is 0 Å². The number of methoxy groups -OCH3 is 1. The van der Waals surface area contributed by atoms with Crippen LogP contribution in [0.4, 0.5) is 5.82 Å². The van der Waals surface area contributed by atoms with E-state index in [1.165, 1.54) is 30.6 Å². The minimum atomic E-state index is -4.36. The molecular weight excluding hydrogens is 452 g/mol. The zero-order chi connectivity index (χ0) is 23.9. The molecule has 0 aliphatic heterocycles. The number of carbonyl (C=O) groups is 1. The second-order valence-corrected chi connectivity index (χ2v) is 8.03. The Bertz CT molecular complexity index is 998. The summed E-state index contributed by atoms with van der Waals surface area (Å²) in [4.78, 5) is 16.0. The molecule has 0 aliphatic carbocycles. The normalized spacial score (nSPS) is 11.6. The lowest BCUT2D eigenvalue weighted by Gasteiger charge is -2.07. The van der Waals surface area contributed by atoms with Crippen molar-refractivity contribution < 1.29 is 32.0 Å². The van der Waals surface area contributed by atoms with Gasteiger partial charge in [-0.25, -0.2) is 4.98 Å². The molecule has 0 saturated carbocycles. The van der Waals surface area contributed by atoms with Gasteiger partial charge in [-0.05, 0) is 24.6 Å². The maximum absolute atomic E-state index is 12.2. The van der Waals surface area contributed by atoms with E-state index >= 15 is 0 Å². The first-order valence-electron chi connectivity index (χ1n) is 10.2. The maximum atomic E-state index is 12.2. The van der Waals surface area contributed by atoms with Crippen molar-refractivity contribution >= 4 is 28.1 Å². The number of amides is 1. The fraction of sp³-hybridized carbons (Fsp3) is 0.381. The summed E-state index contributed by atoms with van der Waals surface area (Å²) >= 11 is 0. The SMILES string of the molecule is COCCOCCOCCCNC(=O)c1ccc(N/N=C/c2ccccc2S(=O)(=O)O)nc1. The Morgan fingerprint density at radius 1 is 1.09 bits per heavy atom. The van der Waals surface area contributed by atoms with Crippen molar-refractivity contribution in [2.24, 2.45) is 5.10 Å². The lowest BCUT2D eigenvalue weighted by atomic mass is 10.2. The number of anilines is 1. The van der Waals surface area contributed by atoms with Gasteiger partial charge in [-0.3, -0.25) is 14.8 Å². The second kappa shape index (κ2) is 14.3. The van der Waals surface area contributed by atoms with E-state index in [-0.39, 0.29) is 16.4 Å². The van der Waals surface area contributed by atoms with E-state index in [0.29, 0.717) is 57.4 Å². The number of hydrogen-bond acceptors (Lipinski definition) is 9. The molecule has 0 unspecified atom stereocenters. The average molecular weight is 481 g/mol. The zero-order valence-electron chi connectivity index (χ0n) is 18.3. The standard InChI is InChI=1S/C21H28N4O7S/c1-30-11-12-32-14-13-31-10-4-9-22-21(26)18-7-8-20(23-15-18)25-24-16-17-5-2-3-6-19(17)33(27,28)29/h2-3,5-8,15-16H,4,9-14H2,1H3,(H,22,26)(H,23,25)(H,27,28,29)/b24-16+. The third-order valence-corrected chi connectivity index (χ3v) is 5.09. The Balaban J connectivity index is 1.70. The summed E-state index contributed by atoms with van der Waals surface area (Å²) in [7, 11) is -2.74. The first kappa shape index (κ1) is 26.4. The number of carbonyl (C=O) groups excluding carboxylic acids is 1. The summed E-state index contributed by atoms with van der Waals surface area (Å²) in [5, 5.41) is 6.71. The highest BCUT2D eigenvalue weighted by molar-refractivity contribution is 7.86. The van der Waals surface area contributed by atoms with Gasteiger partial charge >= 0.3 is 0 Å². The maximum Gasteiger partial charge on any atom is 0.295 e. The molecule has 1 amide bonds. The highest BCUT2D eigenvalue weighted by atomic mass is 32.2. The van der Waals surface area contributed by atoms with Gasteiger partial charge in [0.05, 0.1) is 38.2 Å². The summed E-state index contributed by atoms with van der Waals surface area (Å²) in [6, 6.07) is 9.03. The number of benzene rings is 1. The summed E-state index contributed by atoms with van der Waals surface area (Å²) < 4.78 is 47.6. The summed E-state index contributed by atoms with van der Waals surface area (Å²) in [5.74, 6) is 0.0933. The van der Waals surface area contributed by atoms with Crippen LogP contribution in [0.15, 0.2) is 52.6 Å². The highest BCUT2D eigenvalue weighted by Crippen LogP contribution is 2.13. The predicted molar refractivity (Wildman–Crippen MR) is 122 cm³/mol. The van der Waals surface area contributed by atoms with E-state index < -0.39 is 10.1 Å².